The van der Waals surface area contributed by atoms with Gasteiger partial charge in [0.05, 0.1) is 16.9 Å². The first-order valence-electron chi connectivity index (χ1n) is 4.24. The second-order valence-corrected chi connectivity index (χ2v) is 3.39. The maximum absolute atomic E-state index is 11.0. The third-order valence-corrected chi connectivity index (χ3v) is 2.25. The predicted octanol–water partition coefficient (Wildman–Crippen LogP) is 0.912. The number of hydrogen-bond donors (Lipinski definition) is 2. The van der Waals surface area contributed by atoms with Crippen LogP contribution in [0.25, 0.3) is 5.69 Å². The fourth-order valence-corrected chi connectivity index (χ4v) is 1.53. The molecule has 2 aromatic heterocycles. The van der Waals surface area contributed by atoms with Crippen molar-refractivity contribution in [3.05, 3.63) is 45.6 Å². The molecule has 2 N–H and O–H groups in total. The summed E-state index contributed by atoms with van der Waals surface area (Å²) in [5.41, 5.74) is -0.234. The van der Waals surface area contributed by atoms with Crippen molar-refractivity contribution in [1.29, 1.82) is 0 Å². The van der Waals surface area contributed by atoms with E-state index in [4.69, 9.17) is 16.7 Å². The summed E-state index contributed by atoms with van der Waals surface area (Å²) < 4.78 is 1.25. The molecule has 6 nitrogen and oxygen atoms in total. The Balaban J connectivity index is 2.69. The van der Waals surface area contributed by atoms with E-state index >= 15 is 0 Å². The number of H-pyrrole nitrogens is 1. The number of rotatable bonds is 2. The number of carboxylic acid groups (broad SMARTS) is 1. The van der Waals surface area contributed by atoms with E-state index in [2.05, 4.69) is 10.1 Å². The topological polar surface area (TPSA) is 88.0 Å². The van der Waals surface area contributed by atoms with Crippen molar-refractivity contribution in [3.8, 4) is 5.69 Å². The van der Waals surface area contributed by atoms with E-state index in [9.17, 15) is 9.59 Å². The Morgan fingerprint density at radius 3 is 2.81 bits per heavy atom. The summed E-state index contributed by atoms with van der Waals surface area (Å²) in [6.45, 7) is 0. The maximum atomic E-state index is 11.0. The highest BCUT2D eigenvalue weighted by Gasteiger charge is 2.16. The molecule has 0 bridgehead atoms. The number of nitrogens with one attached hydrogen (secondary N) is 1. The summed E-state index contributed by atoms with van der Waals surface area (Å²) in [6.07, 6.45) is 3.95. The van der Waals surface area contributed by atoms with E-state index in [0.29, 0.717) is 0 Å². The zero-order valence-corrected chi connectivity index (χ0v) is 8.60. The molecule has 0 spiro atoms. The molecule has 2 rings (SSSR count). The predicted molar refractivity (Wildman–Crippen MR) is 56.2 cm³/mol. The average molecular weight is 240 g/mol. The SMILES string of the molecule is O=C(O)c1c(Cl)cncc1-n1ccc(=O)[nH]1. The third kappa shape index (κ3) is 1.70. The van der Waals surface area contributed by atoms with Crippen LogP contribution in [0.4, 0.5) is 0 Å². The number of aromatic carboxylic acids is 1. The molecule has 2 heterocycles. The quantitative estimate of drug-likeness (QED) is 0.815. The minimum absolute atomic E-state index is 0.0135. The summed E-state index contributed by atoms with van der Waals surface area (Å²) in [5.74, 6) is -1.18. The molecule has 0 atom stereocenters. The van der Waals surface area contributed by atoms with Crippen LogP contribution in [0.2, 0.25) is 5.02 Å². The number of pyridine rings is 1. The molecular formula is C9H6ClN3O3. The number of aromatic nitrogens is 3. The van der Waals surface area contributed by atoms with Crippen LogP contribution < -0.4 is 5.56 Å². The highest BCUT2D eigenvalue weighted by Crippen LogP contribution is 2.20. The number of nitrogens with zero attached hydrogens (tertiary/aromatic N) is 2. The lowest BCUT2D eigenvalue weighted by Gasteiger charge is -2.07. The lowest BCUT2D eigenvalue weighted by atomic mass is 10.2. The molecule has 2 aromatic rings. The smallest absolute Gasteiger partial charge is 0.339 e. The Morgan fingerprint density at radius 1 is 1.50 bits per heavy atom. The van der Waals surface area contributed by atoms with Crippen LogP contribution in [0, 0.1) is 0 Å². The number of carboxylic acids is 1. The Bertz CT molecular complexity index is 602. The van der Waals surface area contributed by atoms with Crippen molar-refractivity contribution in [3.63, 3.8) is 0 Å². The van der Waals surface area contributed by atoms with Crippen LogP contribution in [-0.2, 0) is 0 Å². The molecule has 82 valence electrons. The van der Waals surface area contributed by atoms with E-state index in [1.807, 2.05) is 0 Å². The van der Waals surface area contributed by atoms with Crippen LogP contribution in [0.5, 0.6) is 0 Å². The molecular weight excluding hydrogens is 234 g/mol. The van der Waals surface area contributed by atoms with Gasteiger partial charge in [-0.15, -0.1) is 0 Å². The standard InChI is InChI=1S/C9H6ClN3O3/c10-5-3-11-4-6(8(5)9(15)16)13-2-1-7(14)12-13/h1-4H,(H,12,14)(H,15,16). The van der Waals surface area contributed by atoms with Gasteiger partial charge >= 0.3 is 5.97 Å². The molecule has 0 radical (unpaired) electrons. The van der Waals surface area contributed by atoms with E-state index in [0.717, 1.165) is 0 Å². The first-order chi connectivity index (χ1) is 7.59. The van der Waals surface area contributed by atoms with Gasteiger partial charge in [0.25, 0.3) is 5.56 Å². The zero-order valence-electron chi connectivity index (χ0n) is 7.85. The maximum Gasteiger partial charge on any atom is 0.339 e. The number of hydrogen-bond acceptors (Lipinski definition) is 3. The van der Waals surface area contributed by atoms with Crippen molar-refractivity contribution in [2.24, 2.45) is 0 Å². The van der Waals surface area contributed by atoms with Gasteiger partial charge in [0, 0.05) is 18.5 Å². The molecule has 0 amide bonds. The van der Waals surface area contributed by atoms with Gasteiger partial charge in [-0.1, -0.05) is 11.6 Å². The highest BCUT2D eigenvalue weighted by molar-refractivity contribution is 6.33. The largest absolute Gasteiger partial charge is 0.478 e. The van der Waals surface area contributed by atoms with Gasteiger partial charge in [0.2, 0.25) is 0 Å². The summed E-state index contributed by atoms with van der Waals surface area (Å²) in [6, 6.07) is 1.27. The fourth-order valence-electron chi connectivity index (χ4n) is 1.30. The van der Waals surface area contributed by atoms with Gasteiger partial charge < -0.3 is 5.11 Å². The van der Waals surface area contributed by atoms with Gasteiger partial charge in [-0.2, -0.15) is 0 Å². The molecule has 0 aromatic carbocycles. The first kappa shape index (κ1) is 10.4. The van der Waals surface area contributed by atoms with Crippen molar-refractivity contribution < 1.29 is 9.90 Å². The van der Waals surface area contributed by atoms with Gasteiger partial charge in [0.1, 0.15) is 5.56 Å². The summed E-state index contributed by atoms with van der Waals surface area (Å²) in [4.78, 5) is 25.7. The molecule has 0 aliphatic rings. The van der Waals surface area contributed by atoms with E-state index < -0.39 is 5.97 Å². The van der Waals surface area contributed by atoms with Gasteiger partial charge in [-0.05, 0) is 0 Å². The summed E-state index contributed by atoms with van der Waals surface area (Å²) in [5, 5.41) is 11.4. The van der Waals surface area contributed by atoms with Gasteiger partial charge in [0.15, 0.2) is 0 Å². The lowest BCUT2D eigenvalue weighted by molar-refractivity contribution is 0.0697. The second kappa shape index (κ2) is 3.82. The van der Waals surface area contributed by atoms with E-state index in [1.165, 1.54) is 29.3 Å². The Morgan fingerprint density at radius 2 is 2.25 bits per heavy atom. The molecule has 0 saturated heterocycles. The van der Waals surface area contributed by atoms with Gasteiger partial charge in [-0.3, -0.25) is 19.6 Å². The Kier molecular flexibility index (Phi) is 2.49. The molecule has 16 heavy (non-hydrogen) atoms. The molecule has 0 aliphatic carbocycles. The average Bonchev–Trinajstić information content (AvgIpc) is 2.63. The summed E-state index contributed by atoms with van der Waals surface area (Å²) >= 11 is 5.73. The molecule has 7 heteroatoms. The highest BCUT2D eigenvalue weighted by atomic mass is 35.5. The van der Waals surface area contributed by atoms with Crippen LogP contribution in [0.15, 0.2) is 29.5 Å². The summed E-state index contributed by atoms with van der Waals surface area (Å²) in [7, 11) is 0. The molecule has 0 saturated carbocycles. The number of halogens is 1. The normalized spacial score (nSPS) is 10.3. The molecule has 0 aliphatic heterocycles. The van der Waals surface area contributed by atoms with Crippen molar-refractivity contribution >= 4 is 17.6 Å². The van der Waals surface area contributed by atoms with Gasteiger partial charge in [-0.25, -0.2) is 4.79 Å². The monoisotopic (exact) mass is 239 g/mol. The zero-order chi connectivity index (χ0) is 11.7. The third-order valence-electron chi connectivity index (χ3n) is 1.96. The second-order valence-electron chi connectivity index (χ2n) is 2.98. The minimum Gasteiger partial charge on any atom is -0.478 e. The fraction of sp³-hybridized carbons (Fsp3) is 0. The van der Waals surface area contributed by atoms with E-state index in [1.54, 1.807) is 0 Å². The van der Waals surface area contributed by atoms with Crippen LogP contribution in [-0.4, -0.2) is 25.8 Å². The van der Waals surface area contributed by atoms with Crippen LogP contribution in [0.1, 0.15) is 10.4 Å². The van der Waals surface area contributed by atoms with E-state index in [-0.39, 0.29) is 21.8 Å². The Hall–Kier alpha value is -2.08. The minimum atomic E-state index is -1.18. The lowest BCUT2D eigenvalue weighted by Crippen LogP contribution is -2.10. The van der Waals surface area contributed by atoms with Crippen molar-refractivity contribution in [2.45, 2.75) is 0 Å². The molecule has 0 unspecified atom stereocenters. The first-order valence-corrected chi connectivity index (χ1v) is 4.62. The number of carbonyl (C=O) groups is 1. The van der Waals surface area contributed by atoms with Crippen molar-refractivity contribution in [1.82, 2.24) is 14.8 Å². The van der Waals surface area contributed by atoms with Crippen LogP contribution >= 0.6 is 11.6 Å². The number of aromatic amines is 1. The van der Waals surface area contributed by atoms with Crippen LogP contribution in [0.3, 0.4) is 0 Å². The van der Waals surface area contributed by atoms with Crippen molar-refractivity contribution in [2.75, 3.05) is 0 Å². The Labute approximate surface area is 94.1 Å². The molecule has 0 fully saturated rings.